The molecular formula is C18H33IN4O2. The van der Waals surface area contributed by atoms with E-state index in [1.807, 2.05) is 4.90 Å². The number of guanidine groups is 1. The summed E-state index contributed by atoms with van der Waals surface area (Å²) in [5, 5.41) is 3.26. The van der Waals surface area contributed by atoms with Crippen molar-refractivity contribution in [3.63, 3.8) is 0 Å². The number of carbonyl (C=O) groups excluding carboxylic acids is 1. The van der Waals surface area contributed by atoms with Gasteiger partial charge in [0.2, 0.25) is 5.91 Å². The van der Waals surface area contributed by atoms with Gasteiger partial charge in [-0.15, -0.1) is 24.0 Å². The molecule has 0 aromatic heterocycles. The molecule has 0 aromatic carbocycles. The molecule has 2 aliphatic heterocycles. The van der Waals surface area contributed by atoms with Crippen molar-refractivity contribution in [2.24, 2.45) is 10.9 Å². The van der Waals surface area contributed by atoms with Crippen LogP contribution in [0.3, 0.4) is 0 Å². The van der Waals surface area contributed by atoms with Gasteiger partial charge in [-0.2, -0.15) is 0 Å². The van der Waals surface area contributed by atoms with Gasteiger partial charge < -0.3 is 19.9 Å². The number of halogens is 1. The summed E-state index contributed by atoms with van der Waals surface area (Å²) < 4.78 is 6.00. The molecule has 0 radical (unpaired) electrons. The van der Waals surface area contributed by atoms with Crippen LogP contribution in [-0.4, -0.2) is 74.1 Å². The summed E-state index contributed by atoms with van der Waals surface area (Å²) in [6.45, 7) is 5.01. The first-order valence-corrected chi connectivity index (χ1v) is 9.61. The predicted octanol–water partition coefficient (Wildman–Crippen LogP) is 2.08. The van der Waals surface area contributed by atoms with E-state index in [9.17, 15) is 4.79 Å². The van der Waals surface area contributed by atoms with Crippen molar-refractivity contribution < 1.29 is 9.53 Å². The highest BCUT2D eigenvalue weighted by molar-refractivity contribution is 14.0. The van der Waals surface area contributed by atoms with E-state index in [1.54, 1.807) is 7.05 Å². The number of hydrogen-bond donors (Lipinski definition) is 1. The lowest BCUT2D eigenvalue weighted by atomic mass is 10.1. The van der Waals surface area contributed by atoms with Crippen LogP contribution in [0.2, 0.25) is 0 Å². The topological polar surface area (TPSA) is 57.2 Å². The van der Waals surface area contributed by atoms with Crippen molar-refractivity contribution in [2.75, 3.05) is 46.4 Å². The number of rotatable bonds is 5. The molecule has 0 bridgehead atoms. The number of likely N-dealkylation sites (tertiary alicyclic amines) is 2. The molecule has 2 heterocycles. The van der Waals surface area contributed by atoms with Gasteiger partial charge >= 0.3 is 0 Å². The Morgan fingerprint density at radius 3 is 2.32 bits per heavy atom. The minimum Gasteiger partial charge on any atom is -0.378 e. The van der Waals surface area contributed by atoms with Gasteiger partial charge in [0.05, 0.1) is 12.6 Å². The summed E-state index contributed by atoms with van der Waals surface area (Å²) in [5.41, 5.74) is 0. The molecule has 7 heteroatoms. The Kier molecular flexibility index (Phi) is 8.75. The molecule has 0 unspecified atom stereocenters. The number of piperidine rings is 2. The summed E-state index contributed by atoms with van der Waals surface area (Å²) in [5.74, 6) is 1.87. The second-order valence-corrected chi connectivity index (χ2v) is 7.31. The maximum Gasteiger partial charge on any atom is 0.241 e. The maximum atomic E-state index is 12.3. The zero-order valence-electron chi connectivity index (χ0n) is 15.4. The SMILES string of the molecule is CN=C(NCC(=O)N1CCCCC1)N1CCC(OCC2CC2)CC1.I. The van der Waals surface area contributed by atoms with Crippen molar-refractivity contribution in [2.45, 2.75) is 51.0 Å². The van der Waals surface area contributed by atoms with Crippen LogP contribution in [0, 0.1) is 5.92 Å². The Bertz CT molecular complexity index is 442. The van der Waals surface area contributed by atoms with E-state index >= 15 is 0 Å². The minimum absolute atomic E-state index is 0. The Balaban J connectivity index is 0.00000225. The van der Waals surface area contributed by atoms with Crippen molar-refractivity contribution in [3.05, 3.63) is 0 Å². The molecule has 1 amide bonds. The van der Waals surface area contributed by atoms with Gasteiger partial charge in [-0.25, -0.2) is 0 Å². The molecule has 3 fully saturated rings. The van der Waals surface area contributed by atoms with Crippen LogP contribution in [0.1, 0.15) is 44.9 Å². The van der Waals surface area contributed by atoms with Gasteiger partial charge in [0.15, 0.2) is 5.96 Å². The molecule has 3 rings (SSSR count). The summed E-state index contributed by atoms with van der Waals surface area (Å²) in [7, 11) is 1.80. The summed E-state index contributed by atoms with van der Waals surface area (Å²) in [6.07, 6.45) is 8.71. The number of nitrogens with zero attached hydrogens (tertiary/aromatic N) is 3. The maximum absolute atomic E-state index is 12.3. The molecule has 25 heavy (non-hydrogen) atoms. The van der Waals surface area contributed by atoms with E-state index in [1.165, 1.54) is 19.3 Å². The lowest BCUT2D eigenvalue weighted by Crippen LogP contribution is -2.50. The normalized spacial score (nSPS) is 22.5. The number of aliphatic imine (C=N–C) groups is 1. The van der Waals surface area contributed by atoms with Gasteiger partial charge in [-0.05, 0) is 50.9 Å². The lowest BCUT2D eigenvalue weighted by molar-refractivity contribution is -0.130. The van der Waals surface area contributed by atoms with Crippen LogP contribution in [0.25, 0.3) is 0 Å². The fourth-order valence-corrected chi connectivity index (χ4v) is 3.53. The van der Waals surface area contributed by atoms with Crippen molar-refractivity contribution in [1.82, 2.24) is 15.1 Å². The Labute approximate surface area is 168 Å². The predicted molar refractivity (Wildman–Crippen MR) is 110 cm³/mol. The van der Waals surface area contributed by atoms with E-state index in [2.05, 4.69) is 15.2 Å². The highest BCUT2D eigenvalue weighted by atomic mass is 127. The van der Waals surface area contributed by atoms with E-state index in [-0.39, 0.29) is 29.9 Å². The lowest BCUT2D eigenvalue weighted by Gasteiger charge is -2.34. The average molecular weight is 464 g/mol. The van der Waals surface area contributed by atoms with Crippen LogP contribution >= 0.6 is 24.0 Å². The van der Waals surface area contributed by atoms with E-state index in [4.69, 9.17) is 4.74 Å². The zero-order chi connectivity index (χ0) is 16.8. The molecule has 144 valence electrons. The first-order chi connectivity index (χ1) is 11.8. The highest BCUT2D eigenvalue weighted by Crippen LogP contribution is 2.30. The zero-order valence-corrected chi connectivity index (χ0v) is 17.7. The van der Waals surface area contributed by atoms with E-state index in [0.29, 0.717) is 12.6 Å². The Morgan fingerprint density at radius 1 is 1.04 bits per heavy atom. The van der Waals surface area contributed by atoms with Crippen LogP contribution in [0.5, 0.6) is 0 Å². The third kappa shape index (κ3) is 6.58. The number of hydrogen-bond acceptors (Lipinski definition) is 3. The summed E-state index contributed by atoms with van der Waals surface area (Å²) in [4.78, 5) is 20.9. The first kappa shape index (κ1) is 20.7. The number of amides is 1. The molecular weight excluding hydrogens is 431 g/mol. The van der Waals surface area contributed by atoms with Gasteiger partial charge in [0.1, 0.15) is 0 Å². The second-order valence-electron chi connectivity index (χ2n) is 7.31. The summed E-state index contributed by atoms with van der Waals surface area (Å²) >= 11 is 0. The Hall–Kier alpha value is -0.570. The fourth-order valence-electron chi connectivity index (χ4n) is 3.53. The average Bonchev–Trinajstić information content (AvgIpc) is 3.46. The number of carbonyl (C=O) groups is 1. The van der Waals surface area contributed by atoms with Crippen molar-refractivity contribution in [1.29, 1.82) is 0 Å². The molecule has 0 aromatic rings. The van der Waals surface area contributed by atoms with Gasteiger partial charge in [-0.1, -0.05) is 0 Å². The van der Waals surface area contributed by atoms with E-state index in [0.717, 1.165) is 70.3 Å². The molecule has 1 N–H and O–H groups in total. The minimum atomic E-state index is 0. The summed E-state index contributed by atoms with van der Waals surface area (Å²) in [6, 6.07) is 0. The number of nitrogens with one attached hydrogen (secondary N) is 1. The third-order valence-corrected chi connectivity index (χ3v) is 5.32. The largest absolute Gasteiger partial charge is 0.378 e. The fraction of sp³-hybridized carbons (Fsp3) is 0.889. The molecule has 2 saturated heterocycles. The molecule has 6 nitrogen and oxygen atoms in total. The molecule has 0 atom stereocenters. The highest BCUT2D eigenvalue weighted by Gasteiger charge is 2.26. The van der Waals surface area contributed by atoms with Gasteiger partial charge in [0, 0.05) is 39.8 Å². The second kappa shape index (κ2) is 10.5. The molecule has 1 aliphatic carbocycles. The monoisotopic (exact) mass is 464 g/mol. The first-order valence-electron chi connectivity index (χ1n) is 9.61. The molecule has 3 aliphatic rings. The van der Waals surface area contributed by atoms with Crippen LogP contribution in [0.15, 0.2) is 4.99 Å². The standard InChI is InChI=1S/C18H32N4O2.HI/c1-19-18(20-13-17(23)21-9-3-2-4-10-21)22-11-7-16(8-12-22)24-14-15-5-6-15;/h15-16H,2-14H2,1H3,(H,19,20);1H. The van der Waals surface area contributed by atoms with Gasteiger partial charge in [0.25, 0.3) is 0 Å². The Morgan fingerprint density at radius 2 is 1.72 bits per heavy atom. The van der Waals surface area contributed by atoms with E-state index < -0.39 is 0 Å². The smallest absolute Gasteiger partial charge is 0.241 e. The van der Waals surface area contributed by atoms with Crippen LogP contribution in [-0.2, 0) is 9.53 Å². The van der Waals surface area contributed by atoms with Crippen molar-refractivity contribution >= 4 is 35.8 Å². The third-order valence-electron chi connectivity index (χ3n) is 5.32. The van der Waals surface area contributed by atoms with Crippen LogP contribution in [0.4, 0.5) is 0 Å². The quantitative estimate of drug-likeness (QED) is 0.385. The van der Waals surface area contributed by atoms with Crippen molar-refractivity contribution in [3.8, 4) is 0 Å². The number of ether oxygens (including phenoxy) is 1. The molecule has 1 saturated carbocycles. The molecule has 0 spiro atoms. The van der Waals surface area contributed by atoms with Crippen LogP contribution < -0.4 is 5.32 Å². The van der Waals surface area contributed by atoms with Gasteiger partial charge in [-0.3, -0.25) is 9.79 Å².